The van der Waals surface area contributed by atoms with Gasteiger partial charge in [0.15, 0.2) is 0 Å². The van der Waals surface area contributed by atoms with Gasteiger partial charge in [0.1, 0.15) is 5.82 Å². The molecule has 62 valence electrons. The molecule has 0 spiro atoms. The second-order valence-corrected chi connectivity index (χ2v) is 2.93. The Morgan fingerprint density at radius 2 is 2.25 bits per heavy atom. The van der Waals surface area contributed by atoms with Gasteiger partial charge in [-0.25, -0.2) is 4.39 Å². The molecule has 0 aliphatic carbocycles. The first-order chi connectivity index (χ1) is 5.66. The summed E-state index contributed by atoms with van der Waals surface area (Å²) >= 11 is 5.77. The van der Waals surface area contributed by atoms with E-state index < -0.39 is 0 Å². The minimum Gasteiger partial charge on any atom is -0.207 e. The fourth-order valence-electron chi connectivity index (χ4n) is 1.01. The van der Waals surface area contributed by atoms with Crippen LogP contribution in [0.15, 0.2) is 18.2 Å². The van der Waals surface area contributed by atoms with Crippen LogP contribution in [0.2, 0.25) is 5.02 Å². The molecule has 0 aromatic heterocycles. The molecule has 0 amide bonds. The van der Waals surface area contributed by atoms with Crippen LogP contribution in [0.5, 0.6) is 0 Å². The summed E-state index contributed by atoms with van der Waals surface area (Å²) in [6, 6.07) is 4.55. The van der Waals surface area contributed by atoms with Crippen molar-refractivity contribution in [3.05, 3.63) is 34.6 Å². The molecule has 0 heterocycles. The Bertz CT molecular complexity index is 305. The zero-order valence-corrected chi connectivity index (χ0v) is 7.40. The van der Waals surface area contributed by atoms with Crippen LogP contribution in [-0.2, 0) is 0 Å². The lowest BCUT2D eigenvalue weighted by molar-refractivity contribution is 0.607. The van der Waals surface area contributed by atoms with Gasteiger partial charge < -0.3 is 0 Å². The SMILES string of the molecule is C#CC(C)c1c(F)cccc1Cl. The fraction of sp³-hybridized carbons (Fsp3) is 0.200. The van der Waals surface area contributed by atoms with Crippen molar-refractivity contribution in [3.8, 4) is 12.3 Å². The third-order valence-corrected chi connectivity index (χ3v) is 2.01. The number of terminal acetylenes is 1. The number of rotatable bonds is 1. The van der Waals surface area contributed by atoms with E-state index in [1.807, 2.05) is 0 Å². The van der Waals surface area contributed by atoms with E-state index >= 15 is 0 Å². The molecule has 1 atom stereocenters. The first-order valence-corrected chi connectivity index (χ1v) is 3.94. The van der Waals surface area contributed by atoms with Crippen molar-refractivity contribution in [2.75, 3.05) is 0 Å². The molecule has 1 aromatic carbocycles. The van der Waals surface area contributed by atoms with Crippen molar-refractivity contribution in [1.82, 2.24) is 0 Å². The Morgan fingerprint density at radius 3 is 2.75 bits per heavy atom. The van der Waals surface area contributed by atoms with Gasteiger partial charge in [-0.05, 0) is 19.1 Å². The van der Waals surface area contributed by atoms with Crippen LogP contribution in [-0.4, -0.2) is 0 Å². The molecule has 0 radical (unpaired) electrons. The summed E-state index contributed by atoms with van der Waals surface area (Å²) in [5.41, 5.74) is 0.404. The van der Waals surface area contributed by atoms with Crippen molar-refractivity contribution in [2.45, 2.75) is 12.8 Å². The fourth-order valence-corrected chi connectivity index (χ4v) is 1.33. The molecule has 0 bridgehead atoms. The van der Waals surface area contributed by atoms with E-state index in [-0.39, 0.29) is 11.7 Å². The molecule has 1 unspecified atom stereocenters. The zero-order valence-electron chi connectivity index (χ0n) is 6.64. The zero-order chi connectivity index (χ0) is 9.14. The normalized spacial score (nSPS) is 12.2. The van der Waals surface area contributed by atoms with Crippen LogP contribution in [0, 0.1) is 18.2 Å². The second kappa shape index (κ2) is 3.60. The highest BCUT2D eigenvalue weighted by atomic mass is 35.5. The van der Waals surface area contributed by atoms with E-state index in [2.05, 4.69) is 5.92 Å². The number of hydrogen-bond donors (Lipinski definition) is 0. The molecule has 0 aliphatic rings. The standard InChI is InChI=1S/C10H8ClF/c1-3-7(2)10-8(11)5-4-6-9(10)12/h1,4-7H,2H3. The summed E-state index contributed by atoms with van der Waals surface area (Å²) in [6.45, 7) is 1.74. The predicted molar refractivity (Wildman–Crippen MR) is 48.7 cm³/mol. The smallest absolute Gasteiger partial charge is 0.129 e. The van der Waals surface area contributed by atoms with E-state index in [1.165, 1.54) is 6.07 Å². The summed E-state index contributed by atoms with van der Waals surface area (Å²) in [7, 11) is 0. The van der Waals surface area contributed by atoms with Gasteiger partial charge in [-0.3, -0.25) is 0 Å². The Hall–Kier alpha value is -1.00. The number of halogens is 2. The highest BCUT2D eigenvalue weighted by Crippen LogP contribution is 2.26. The van der Waals surface area contributed by atoms with Crippen molar-refractivity contribution < 1.29 is 4.39 Å². The molecule has 0 nitrogen and oxygen atoms in total. The van der Waals surface area contributed by atoms with E-state index in [9.17, 15) is 4.39 Å². The Labute approximate surface area is 76.4 Å². The minimum absolute atomic E-state index is 0.279. The molecule has 0 aliphatic heterocycles. The molecule has 12 heavy (non-hydrogen) atoms. The molecule has 1 rings (SSSR count). The van der Waals surface area contributed by atoms with E-state index in [1.54, 1.807) is 19.1 Å². The van der Waals surface area contributed by atoms with Gasteiger partial charge in [0.2, 0.25) is 0 Å². The second-order valence-electron chi connectivity index (χ2n) is 2.52. The van der Waals surface area contributed by atoms with E-state index in [4.69, 9.17) is 18.0 Å². The van der Waals surface area contributed by atoms with Gasteiger partial charge in [-0.1, -0.05) is 23.6 Å². The average Bonchev–Trinajstić information content (AvgIpc) is 2.03. The van der Waals surface area contributed by atoms with Gasteiger partial charge in [-0.15, -0.1) is 6.42 Å². The van der Waals surface area contributed by atoms with Crippen molar-refractivity contribution in [1.29, 1.82) is 0 Å². The van der Waals surface area contributed by atoms with E-state index in [0.717, 1.165) is 0 Å². The largest absolute Gasteiger partial charge is 0.207 e. The summed E-state index contributed by atoms with van der Waals surface area (Å²) in [6.07, 6.45) is 5.17. The van der Waals surface area contributed by atoms with Crippen molar-refractivity contribution in [3.63, 3.8) is 0 Å². The maximum atomic E-state index is 13.1. The molecular formula is C10H8ClF. The summed E-state index contributed by atoms with van der Waals surface area (Å²) < 4.78 is 13.1. The molecule has 0 saturated carbocycles. The quantitative estimate of drug-likeness (QED) is 0.585. The van der Waals surface area contributed by atoms with Crippen LogP contribution < -0.4 is 0 Å². The molecule has 0 saturated heterocycles. The molecular weight excluding hydrogens is 175 g/mol. The topological polar surface area (TPSA) is 0 Å². The maximum Gasteiger partial charge on any atom is 0.129 e. The highest BCUT2D eigenvalue weighted by Gasteiger charge is 2.11. The maximum absolute atomic E-state index is 13.1. The molecule has 1 aromatic rings. The molecule has 0 fully saturated rings. The summed E-state index contributed by atoms with van der Waals surface area (Å²) in [4.78, 5) is 0. The Morgan fingerprint density at radius 1 is 1.58 bits per heavy atom. The number of benzene rings is 1. The lowest BCUT2D eigenvalue weighted by atomic mass is 10.0. The van der Waals surface area contributed by atoms with Gasteiger partial charge >= 0.3 is 0 Å². The van der Waals surface area contributed by atoms with Crippen LogP contribution in [0.3, 0.4) is 0 Å². The van der Waals surface area contributed by atoms with Gasteiger partial charge in [-0.2, -0.15) is 0 Å². The minimum atomic E-state index is -0.340. The van der Waals surface area contributed by atoms with E-state index in [0.29, 0.717) is 10.6 Å². The molecule has 0 N–H and O–H groups in total. The monoisotopic (exact) mass is 182 g/mol. The van der Waals surface area contributed by atoms with Crippen LogP contribution in [0.1, 0.15) is 18.4 Å². The van der Waals surface area contributed by atoms with Crippen LogP contribution in [0.25, 0.3) is 0 Å². The lowest BCUT2D eigenvalue weighted by Crippen LogP contribution is -1.95. The Kier molecular flexibility index (Phi) is 2.73. The first kappa shape index (κ1) is 9.09. The van der Waals surface area contributed by atoms with Crippen molar-refractivity contribution in [2.24, 2.45) is 0 Å². The average molecular weight is 183 g/mol. The van der Waals surface area contributed by atoms with Gasteiger partial charge in [0.05, 0.1) is 0 Å². The number of hydrogen-bond acceptors (Lipinski definition) is 0. The first-order valence-electron chi connectivity index (χ1n) is 3.57. The molecule has 2 heteroatoms. The van der Waals surface area contributed by atoms with Gasteiger partial charge in [0.25, 0.3) is 0 Å². The van der Waals surface area contributed by atoms with Gasteiger partial charge in [0, 0.05) is 16.5 Å². The summed E-state index contributed by atoms with van der Waals surface area (Å²) in [5, 5.41) is 0.389. The summed E-state index contributed by atoms with van der Waals surface area (Å²) in [5.74, 6) is 1.82. The highest BCUT2D eigenvalue weighted by molar-refractivity contribution is 6.31. The lowest BCUT2D eigenvalue weighted by Gasteiger charge is -2.07. The van der Waals surface area contributed by atoms with Crippen molar-refractivity contribution >= 4 is 11.6 Å². The van der Waals surface area contributed by atoms with Crippen LogP contribution >= 0.6 is 11.6 Å². The third kappa shape index (κ3) is 1.60. The third-order valence-electron chi connectivity index (χ3n) is 1.68. The van der Waals surface area contributed by atoms with Crippen LogP contribution in [0.4, 0.5) is 4.39 Å². The predicted octanol–water partition coefficient (Wildman–Crippen LogP) is 3.22. The Balaban J connectivity index is 3.23.